The van der Waals surface area contributed by atoms with E-state index in [9.17, 15) is 22.4 Å². The van der Waals surface area contributed by atoms with Gasteiger partial charge in [0, 0.05) is 31.6 Å². The van der Waals surface area contributed by atoms with Gasteiger partial charge in [-0.2, -0.15) is 13.2 Å². The SMILES string of the molecule is CN1CCN(Cc2ccc3c(-c4ccc(F)cc4)cc(C(N)=O)nc3c2)CC1C(F)(F)F. The molecule has 1 amide bonds. The van der Waals surface area contributed by atoms with Crippen LogP contribution in [0.4, 0.5) is 17.6 Å². The summed E-state index contributed by atoms with van der Waals surface area (Å²) in [5.41, 5.74) is 8.16. The number of rotatable bonds is 4. The third-order valence-corrected chi connectivity index (χ3v) is 5.80. The van der Waals surface area contributed by atoms with Crippen molar-refractivity contribution >= 4 is 16.8 Å². The predicted molar refractivity (Wildman–Crippen MR) is 113 cm³/mol. The van der Waals surface area contributed by atoms with E-state index >= 15 is 0 Å². The topological polar surface area (TPSA) is 62.5 Å². The number of carbonyl (C=O) groups is 1. The minimum atomic E-state index is -4.29. The van der Waals surface area contributed by atoms with Gasteiger partial charge >= 0.3 is 6.18 Å². The highest BCUT2D eigenvalue weighted by Crippen LogP contribution is 2.31. The lowest BCUT2D eigenvalue weighted by atomic mass is 9.98. The van der Waals surface area contributed by atoms with E-state index in [4.69, 9.17) is 5.73 Å². The highest BCUT2D eigenvalue weighted by atomic mass is 19.4. The molecule has 0 saturated carbocycles. The molecule has 1 atom stereocenters. The number of piperazine rings is 1. The Morgan fingerprint density at radius 2 is 1.84 bits per heavy atom. The van der Waals surface area contributed by atoms with Crippen LogP contribution in [0, 0.1) is 5.82 Å². The Morgan fingerprint density at radius 3 is 2.50 bits per heavy atom. The summed E-state index contributed by atoms with van der Waals surface area (Å²) < 4.78 is 53.3. The highest BCUT2D eigenvalue weighted by Gasteiger charge is 2.44. The number of hydrogen-bond donors (Lipinski definition) is 1. The van der Waals surface area contributed by atoms with Crippen LogP contribution in [-0.4, -0.2) is 59.6 Å². The molecule has 3 aromatic rings. The molecule has 0 radical (unpaired) electrons. The monoisotopic (exact) mass is 446 g/mol. The summed E-state index contributed by atoms with van der Waals surface area (Å²) in [5, 5.41) is 0.733. The maximum atomic E-state index is 13.4. The van der Waals surface area contributed by atoms with Crippen LogP contribution in [0.1, 0.15) is 16.1 Å². The molecule has 2 heterocycles. The molecule has 32 heavy (non-hydrogen) atoms. The lowest BCUT2D eigenvalue weighted by Gasteiger charge is -2.40. The molecule has 0 aliphatic carbocycles. The fraction of sp³-hybridized carbons (Fsp3) is 0.304. The Balaban J connectivity index is 1.68. The van der Waals surface area contributed by atoms with E-state index in [0.717, 1.165) is 10.9 Å². The van der Waals surface area contributed by atoms with Gasteiger partial charge in [0.25, 0.3) is 5.91 Å². The Labute approximate surface area is 182 Å². The van der Waals surface area contributed by atoms with Crippen LogP contribution in [0.3, 0.4) is 0 Å². The van der Waals surface area contributed by atoms with Crippen LogP contribution >= 0.6 is 0 Å². The van der Waals surface area contributed by atoms with Crippen LogP contribution in [-0.2, 0) is 6.54 Å². The normalized spacial score (nSPS) is 18.2. The van der Waals surface area contributed by atoms with Crippen LogP contribution < -0.4 is 5.73 Å². The van der Waals surface area contributed by atoms with Crippen LogP contribution in [0.25, 0.3) is 22.0 Å². The Kier molecular flexibility index (Phi) is 5.87. The van der Waals surface area contributed by atoms with E-state index < -0.39 is 18.1 Å². The molecule has 168 valence electrons. The largest absolute Gasteiger partial charge is 0.405 e. The standard InChI is InChI=1S/C23H22F4N4O/c1-30-8-9-31(13-21(30)23(25,26)27)12-14-2-7-17-18(15-3-5-16(24)6-4-15)11-20(22(28)32)29-19(17)10-14/h2-7,10-11,21H,8-9,12-13H2,1H3,(H2,28,32). The van der Waals surface area contributed by atoms with E-state index in [-0.39, 0.29) is 18.1 Å². The Morgan fingerprint density at radius 1 is 1.12 bits per heavy atom. The highest BCUT2D eigenvalue weighted by molar-refractivity contribution is 6.00. The van der Waals surface area contributed by atoms with E-state index in [1.807, 2.05) is 12.1 Å². The smallest absolute Gasteiger partial charge is 0.364 e. The van der Waals surface area contributed by atoms with Gasteiger partial charge in [-0.3, -0.25) is 14.6 Å². The second kappa shape index (κ2) is 8.48. The first-order chi connectivity index (χ1) is 15.1. The molecule has 1 unspecified atom stereocenters. The van der Waals surface area contributed by atoms with Gasteiger partial charge in [0.05, 0.1) is 5.52 Å². The summed E-state index contributed by atoms with van der Waals surface area (Å²) >= 11 is 0. The first-order valence-electron chi connectivity index (χ1n) is 10.1. The van der Waals surface area contributed by atoms with Crippen molar-refractivity contribution in [1.29, 1.82) is 0 Å². The van der Waals surface area contributed by atoms with Gasteiger partial charge < -0.3 is 5.73 Å². The number of nitrogens with two attached hydrogens (primary N) is 1. The minimum Gasteiger partial charge on any atom is -0.364 e. The number of pyridine rings is 1. The van der Waals surface area contributed by atoms with Crippen molar-refractivity contribution in [2.75, 3.05) is 26.7 Å². The van der Waals surface area contributed by atoms with Gasteiger partial charge in [-0.25, -0.2) is 9.37 Å². The number of primary amides is 1. The molecule has 0 spiro atoms. The maximum Gasteiger partial charge on any atom is 0.405 e. The molecule has 1 aromatic heterocycles. The summed E-state index contributed by atoms with van der Waals surface area (Å²) in [6.45, 7) is 1.03. The lowest BCUT2D eigenvalue weighted by Crippen LogP contribution is -2.57. The Bertz CT molecular complexity index is 1150. The zero-order valence-electron chi connectivity index (χ0n) is 17.4. The first-order valence-corrected chi connectivity index (χ1v) is 10.1. The van der Waals surface area contributed by atoms with Crippen LogP contribution in [0.15, 0.2) is 48.5 Å². The number of nitrogens with zero attached hydrogens (tertiary/aromatic N) is 3. The van der Waals surface area contributed by atoms with E-state index in [1.54, 1.807) is 29.2 Å². The Hall–Kier alpha value is -3.04. The molecule has 2 aromatic carbocycles. The number of amides is 1. The van der Waals surface area contributed by atoms with Crippen molar-refractivity contribution in [3.63, 3.8) is 0 Å². The maximum absolute atomic E-state index is 13.4. The van der Waals surface area contributed by atoms with Gasteiger partial charge in [0.15, 0.2) is 0 Å². The fourth-order valence-corrected chi connectivity index (χ4v) is 4.05. The van der Waals surface area contributed by atoms with Gasteiger partial charge in [-0.15, -0.1) is 0 Å². The summed E-state index contributed by atoms with van der Waals surface area (Å²) in [7, 11) is 1.48. The third-order valence-electron chi connectivity index (χ3n) is 5.80. The molecule has 2 N–H and O–H groups in total. The van der Waals surface area contributed by atoms with Crippen LogP contribution in [0.2, 0.25) is 0 Å². The van der Waals surface area contributed by atoms with E-state index in [2.05, 4.69) is 4.98 Å². The van der Waals surface area contributed by atoms with Crippen molar-refractivity contribution < 1.29 is 22.4 Å². The zero-order valence-corrected chi connectivity index (χ0v) is 17.4. The zero-order chi connectivity index (χ0) is 23.0. The summed E-state index contributed by atoms with van der Waals surface area (Å²) in [6.07, 6.45) is -4.29. The van der Waals surface area contributed by atoms with Crippen molar-refractivity contribution in [3.8, 4) is 11.1 Å². The molecule has 1 saturated heterocycles. The molecule has 5 nitrogen and oxygen atoms in total. The number of hydrogen-bond acceptors (Lipinski definition) is 4. The fourth-order valence-electron chi connectivity index (χ4n) is 4.05. The number of benzene rings is 2. The number of carbonyl (C=O) groups excluding carboxylic acids is 1. The average Bonchev–Trinajstić information content (AvgIpc) is 2.74. The third kappa shape index (κ3) is 4.58. The average molecular weight is 446 g/mol. The van der Waals surface area contributed by atoms with Crippen LogP contribution in [0.5, 0.6) is 0 Å². The molecule has 1 aliphatic heterocycles. The molecule has 4 rings (SSSR count). The van der Waals surface area contributed by atoms with Gasteiger partial charge in [-0.1, -0.05) is 24.3 Å². The minimum absolute atomic E-state index is 0.0608. The van der Waals surface area contributed by atoms with E-state index in [1.165, 1.54) is 24.1 Å². The van der Waals surface area contributed by atoms with Crippen molar-refractivity contribution in [2.24, 2.45) is 5.73 Å². The number of alkyl halides is 3. The second-order valence-corrected chi connectivity index (χ2v) is 8.05. The second-order valence-electron chi connectivity index (χ2n) is 8.05. The van der Waals surface area contributed by atoms with Gasteiger partial charge in [-0.05, 0) is 48.0 Å². The number of halogens is 4. The summed E-state index contributed by atoms with van der Waals surface area (Å²) in [4.78, 5) is 19.3. The first kappa shape index (κ1) is 22.2. The molecular formula is C23H22F4N4O. The molecule has 0 bridgehead atoms. The van der Waals surface area contributed by atoms with Gasteiger partial charge in [0.1, 0.15) is 17.6 Å². The van der Waals surface area contributed by atoms with Crippen molar-refractivity contribution in [3.05, 3.63) is 65.6 Å². The quantitative estimate of drug-likeness (QED) is 0.619. The number of likely N-dealkylation sites (N-methyl/N-ethyl adjacent to an activating group) is 1. The van der Waals surface area contributed by atoms with Crippen molar-refractivity contribution in [2.45, 2.75) is 18.8 Å². The summed E-state index contributed by atoms with van der Waals surface area (Å²) in [5.74, 6) is -1.08. The van der Waals surface area contributed by atoms with Crippen molar-refractivity contribution in [1.82, 2.24) is 14.8 Å². The lowest BCUT2D eigenvalue weighted by molar-refractivity contribution is -0.193. The number of aromatic nitrogens is 1. The molecule has 1 aliphatic rings. The van der Waals surface area contributed by atoms with Gasteiger partial charge in [0.2, 0.25) is 0 Å². The molecular weight excluding hydrogens is 424 g/mol. The van der Waals surface area contributed by atoms with E-state index in [0.29, 0.717) is 36.3 Å². The summed E-state index contributed by atoms with van der Waals surface area (Å²) in [6, 6.07) is 11.3. The number of fused-ring (bicyclic) bond motifs is 1. The molecule has 9 heteroatoms. The predicted octanol–water partition coefficient (Wildman–Crippen LogP) is 3.82. The molecule has 1 fully saturated rings.